The highest BCUT2D eigenvalue weighted by molar-refractivity contribution is 7.84. The molecule has 1 unspecified atom stereocenters. The third kappa shape index (κ3) is 7.52. The van der Waals surface area contributed by atoms with Gasteiger partial charge < -0.3 is 5.11 Å². The first-order valence-corrected chi connectivity index (χ1v) is 5.22. The molecule has 0 aromatic rings. The molecule has 0 aliphatic carbocycles. The minimum atomic E-state index is -0.771. The lowest BCUT2D eigenvalue weighted by atomic mass is 10.3. The SMILES string of the molecule is CCS(=O)CCCCC(=O)O. The highest BCUT2D eigenvalue weighted by atomic mass is 32.2. The number of hydrogen-bond donors (Lipinski definition) is 1. The molecule has 1 N–H and O–H groups in total. The molecule has 0 heterocycles. The molecule has 0 saturated carbocycles. The molecule has 11 heavy (non-hydrogen) atoms. The first-order chi connectivity index (χ1) is 5.16. The summed E-state index contributed by atoms with van der Waals surface area (Å²) in [6.45, 7) is 1.87. The van der Waals surface area contributed by atoms with Crippen molar-refractivity contribution in [1.29, 1.82) is 0 Å². The Morgan fingerprint density at radius 3 is 2.55 bits per heavy atom. The van der Waals surface area contributed by atoms with Crippen LogP contribution in [0.15, 0.2) is 0 Å². The van der Waals surface area contributed by atoms with E-state index in [4.69, 9.17) is 5.11 Å². The molecule has 66 valence electrons. The fourth-order valence-corrected chi connectivity index (χ4v) is 1.50. The van der Waals surface area contributed by atoms with Gasteiger partial charge in [0.2, 0.25) is 0 Å². The van der Waals surface area contributed by atoms with Crippen LogP contribution in [-0.4, -0.2) is 26.8 Å². The fraction of sp³-hybridized carbons (Fsp3) is 0.857. The van der Waals surface area contributed by atoms with E-state index in [1.54, 1.807) is 0 Å². The molecule has 0 aliphatic heterocycles. The predicted octanol–water partition coefficient (Wildman–Crippen LogP) is 1.01. The standard InChI is InChI=1S/C7H14O3S/c1-2-11(10)6-4-3-5-7(8)9/h2-6H2,1H3,(H,8,9). The lowest BCUT2D eigenvalue weighted by Crippen LogP contribution is -2.01. The Morgan fingerprint density at radius 1 is 1.45 bits per heavy atom. The zero-order chi connectivity index (χ0) is 8.69. The predicted molar refractivity (Wildman–Crippen MR) is 45.0 cm³/mol. The average molecular weight is 178 g/mol. The van der Waals surface area contributed by atoms with Crippen molar-refractivity contribution >= 4 is 16.8 Å². The van der Waals surface area contributed by atoms with Gasteiger partial charge in [0.25, 0.3) is 0 Å². The van der Waals surface area contributed by atoms with Crippen molar-refractivity contribution in [3.63, 3.8) is 0 Å². The maximum absolute atomic E-state index is 10.8. The summed E-state index contributed by atoms with van der Waals surface area (Å²) in [6, 6.07) is 0. The molecule has 0 aromatic heterocycles. The molecule has 3 nitrogen and oxygen atoms in total. The lowest BCUT2D eigenvalue weighted by Gasteiger charge is -1.96. The Balaban J connectivity index is 3.14. The van der Waals surface area contributed by atoms with Gasteiger partial charge in [0.15, 0.2) is 0 Å². The van der Waals surface area contributed by atoms with Crippen LogP contribution in [0.1, 0.15) is 26.2 Å². The first-order valence-electron chi connectivity index (χ1n) is 3.73. The highest BCUT2D eigenvalue weighted by Gasteiger charge is 1.98. The number of carboxylic acids is 1. The van der Waals surface area contributed by atoms with E-state index in [1.807, 2.05) is 6.92 Å². The van der Waals surface area contributed by atoms with Crippen molar-refractivity contribution in [3.8, 4) is 0 Å². The van der Waals surface area contributed by atoms with Gasteiger partial charge in [0.05, 0.1) is 0 Å². The minimum Gasteiger partial charge on any atom is -0.481 e. The van der Waals surface area contributed by atoms with Crippen LogP contribution in [0.5, 0.6) is 0 Å². The van der Waals surface area contributed by atoms with Crippen LogP contribution in [0.25, 0.3) is 0 Å². The maximum atomic E-state index is 10.8. The Bertz CT molecular complexity index is 145. The van der Waals surface area contributed by atoms with Crippen LogP contribution >= 0.6 is 0 Å². The Labute approximate surface area is 69.3 Å². The molecule has 4 heteroatoms. The zero-order valence-corrected chi connectivity index (χ0v) is 7.52. The van der Waals surface area contributed by atoms with Crippen molar-refractivity contribution < 1.29 is 14.1 Å². The van der Waals surface area contributed by atoms with Crippen LogP contribution in [0.4, 0.5) is 0 Å². The third-order valence-electron chi connectivity index (χ3n) is 1.33. The van der Waals surface area contributed by atoms with Gasteiger partial charge in [-0.2, -0.15) is 0 Å². The molecule has 0 amide bonds. The Hall–Kier alpha value is -0.380. The topological polar surface area (TPSA) is 54.4 Å². The van der Waals surface area contributed by atoms with Gasteiger partial charge in [-0.05, 0) is 12.8 Å². The minimum absolute atomic E-state index is 0.195. The summed E-state index contributed by atoms with van der Waals surface area (Å²) in [5.41, 5.74) is 0. The zero-order valence-electron chi connectivity index (χ0n) is 6.71. The summed E-state index contributed by atoms with van der Waals surface area (Å²) in [6.07, 6.45) is 1.59. The molecule has 1 atom stereocenters. The molecule has 0 fully saturated rings. The molecule has 0 saturated heterocycles. The molecular formula is C7H14O3S. The van der Waals surface area contributed by atoms with Gasteiger partial charge in [0.1, 0.15) is 0 Å². The van der Waals surface area contributed by atoms with E-state index >= 15 is 0 Å². The van der Waals surface area contributed by atoms with Gasteiger partial charge in [-0.1, -0.05) is 6.92 Å². The van der Waals surface area contributed by atoms with Gasteiger partial charge in [0, 0.05) is 28.7 Å². The second-order valence-electron chi connectivity index (χ2n) is 2.28. The number of unbranched alkanes of at least 4 members (excludes halogenated alkanes) is 1. The van der Waals surface area contributed by atoms with Crippen LogP contribution in [0.3, 0.4) is 0 Å². The maximum Gasteiger partial charge on any atom is 0.303 e. The van der Waals surface area contributed by atoms with Gasteiger partial charge >= 0.3 is 5.97 Å². The van der Waals surface area contributed by atoms with Crippen molar-refractivity contribution in [2.45, 2.75) is 26.2 Å². The van der Waals surface area contributed by atoms with Gasteiger partial charge in [-0.25, -0.2) is 0 Å². The highest BCUT2D eigenvalue weighted by Crippen LogP contribution is 1.97. The van der Waals surface area contributed by atoms with E-state index in [0.29, 0.717) is 17.9 Å². The summed E-state index contributed by atoms with van der Waals surface area (Å²) in [5, 5.41) is 8.26. The summed E-state index contributed by atoms with van der Waals surface area (Å²) in [7, 11) is -0.735. The number of carbonyl (C=O) groups is 1. The van der Waals surface area contributed by atoms with Crippen molar-refractivity contribution in [3.05, 3.63) is 0 Å². The van der Waals surface area contributed by atoms with Crippen LogP contribution < -0.4 is 0 Å². The first kappa shape index (κ1) is 10.6. The van der Waals surface area contributed by atoms with E-state index in [9.17, 15) is 9.00 Å². The summed E-state index contributed by atoms with van der Waals surface area (Å²) >= 11 is 0. The second-order valence-corrected chi connectivity index (χ2v) is 4.15. The van der Waals surface area contributed by atoms with Crippen molar-refractivity contribution in [2.24, 2.45) is 0 Å². The number of rotatable bonds is 6. The fourth-order valence-electron chi connectivity index (χ4n) is 0.684. The molecule has 0 rings (SSSR count). The van der Waals surface area contributed by atoms with Gasteiger partial charge in [-0.3, -0.25) is 9.00 Å². The quantitative estimate of drug-likeness (QED) is 0.617. The number of hydrogen-bond acceptors (Lipinski definition) is 2. The molecular weight excluding hydrogens is 164 g/mol. The number of carboxylic acid groups (broad SMARTS) is 1. The van der Waals surface area contributed by atoms with E-state index in [-0.39, 0.29) is 6.42 Å². The van der Waals surface area contributed by atoms with Crippen LogP contribution in [-0.2, 0) is 15.6 Å². The smallest absolute Gasteiger partial charge is 0.303 e. The second kappa shape index (κ2) is 6.34. The van der Waals surface area contributed by atoms with Crippen molar-refractivity contribution in [2.75, 3.05) is 11.5 Å². The Morgan fingerprint density at radius 2 is 2.09 bits per heavy atom. The van der Waals surface area contributed by atoms with Gasteiger partial charge in [-0.15, -0.1) is 0 Å². The normalized spacial score (nSPS) is 12.8. The van der Waals surface area contributed by atoms with E-state index in [2.05, 4.69) is 0 Å². The van der Waals surface area contributed by atoms with Crippen LogP contribution in [0, 0.1) is 0 Å². The monoisotopic (exact) mass is 178 g/mol. The van der Waals surface area contributed by atoms with Crippen LogP contribution in [0.2, 0.25) is 0 Å². The molecule has 0 bridgehead atoms. The lowest BCUT2D eigenvalue weighted by molar-refractivity contribution is -0.137. The van der Waals surface area contributed by atoms with E-state index in [0.717, 1.165) is 6.42 Å². The molecule has 0 spiro atoms. The summed E-state index contributed by atoms with van der Waals surface area (Å²) in [4.78, 5) is 10.0. The third-order valence-corrected chi connectivity index (χ3v) is 2.72. The van der Waals surface area contributed by atoms with E-state index < -0.39 is 16.8 Å². The summed E-state index contributed by atoms with van der Waals surface area (Å²) < 4.78 is 10.8. The average Bonchev–Trinajstić information content (AvgIpc) is 1.97. The Kier molecular flexibility index (Phi) is 6.12. The number of aliphatic carboxylic acids is 1. The molecule has 0 radical (unpaired) electrons. The van der Waals surface area contributed by atoms with Crippen molar-refractivity contribution in [1.82, 2.24) is 0 Å². The molecule has 0 aromatic carbocycles. The molecule has 0 aliphatic rings. The largest absolute Gasteiger partial charge is 0.481 e. The van der Waals surface area contributed by atoms with E-state index in [1.165, 1.54) is 0 Å². The summed E-state index contributed by atoms with van der Waals surface area (Å²) in [5.74, 6) is 0.545.